The van der Waals surface area contributed by atoms with E-state index in [4.69, 9.17) is 20.6 Å². The van der Waals surface area contributed by atoms with E-state index >= 15 is 0 Å². The molecular weight excluding hydrogens is 156 g/mol. The molecule has 0 unspecified atom stereocenters. The molecule has 0 atom stereocenters. The van der Waals surface area contributed by atoms with Crippen LogP contribution in [0, 0.1) is 5.21 Å². The first-order chi connectivity index (χ1) is 4.83. The van der Waals surface area contributed by atoms with Gasteiger partial charge in [0.2, 0.25) is 0 Å². The third kappa shape index (κ3) is 26.0. The summed E-state index contributed by atoms with van der Waals surface area (Å²) in [5.74, 6) is 0. The van der Waals surface area contributed by atoms with Crippen LogP contribution in [-0.4, -0.2) is 45.0 Å². The van der Waals surface area contributed by atoms with Gasteiger partial charge in [-0.05, 0) is 6.92 Å². The highest BCUT2D eigenvalue weighted by atomic mass is 17.1. The summed E-state index contributed by atoms with van der Waals surface area (Å²) in [5, 5.41) is 40.6. The van der Waals surface area contributed by atoms with Gasteiger partial charge >= 0.3 is 0 Å². The van der Waals surface area contributed by atoms with Crippen molar-refractivity contribution in [1.82, 2.24) is 0 Å². The number of hydrogen-bond acceptors (Lipinski definition) is 6. The van der Waals surface area contributed by atoms with Gasteiger partial charge in [0.25, 0.3) is 0 Å². The number of hydroxylamine groups is 3. The highest BCUT2D eigenvalue weighted by Gasteiger charge is 1.99. The minimum absolute atomic E-state index is 0.0833. The number of aliphatic hydroxyl groups is 2. The molecule has 0 aromatic rings. The predicted molar refractivity (Wildman–Crippen MR) is 35.0 cm³/mol. The Labute approximate surface area is 64.0 Å². The van der Waals surface area contributed by atoms with E-state index in [0.29, 0.717) is 0 Å². The summed E-state index contributed by atoms with van der Waals surface area (Å²) in [6, 6.07) is 0. The average Bonchev–Trinajstić information content (AvgIpc) is 1.88. The van der Waals surface area contributed by atoms with Crippen molar-refractivity contribution in [1.29, 1.82) is 0 Å². The van der Waals surface area contributed by atoms with E-state index in [1.165, 1.54) is 6.92 Å². The van der Waals surface area contributed by atoms with Crippen molar-refractivity contribution in [2.24, 2.45) is 5.73 Å². The fourth-order valence-electron chi connectivity index (χ4n) is 0. The molecule has 0 aromatic carbocycles. The summed E-state index contributed by atoms with van der Waals surface area (Å²) >= 11 is 0. The number of rotatable bonds is 2. The van der Waals surface area contributed by atoms with Gasteiger partial charge in [-0.2, -0.15) is 10.4 Å². The first kappa shape index (κ1) is 13.3. The van der Waals surface area contributed by atoms with E-state index in [0.717, 1.165) is 0 Å². The summed E-state index contributed by atoms with van der Waals surface area (Å²) in [6.45, 7) is 1.05. The molecule has 0 spiro atoms. The van der Waals surface area contributed by atoms with Gasteiger partial charge in [0.1, 0.15) is 6.54 Å². The molecule has 0 aliphatic rings. The van der Waals surface area contributed by atoms with Gasteiger partial charge in [-0.1, -0.05) is 4.97 Å². The predicted octanol–water partition coefficient (Wildman–Crippen LogP) is -1.64. The number of nitrogens with zero attached hydrogens (tertiary/aromatic N) is 1. The second-order valence-corrected chi connectivity index (χ2v) is 1.70. The Hall–Kier alpha value is -0.280. The lowest BCUT2D eigenvalue weighted by Gasteiger charge is -2.20. The van der Waals surface area contributed by atoms with Gasteiger partial charge in [0, 0.05) is 6.54 Å². The number of aliphatic hydroxyl groups excluding tert-OH is 1. The van der Waals surface area contributed by atoms with E-state index in [2.05, 4.69) is 5.73 Å². The first-order valence-corrected chi connectivity index (χ1v) is 2.94. The van der Waals surface area contributed by atoms with Gasteiger partial charge in [0.05, 0.1) is 0 Å². The standard InChI is InChI=1S/C2H7NO3.C2H7NO2/c1-2-3(4,5)6;3-1-2(4)5/h4-5H,2H2,1H3;2,4-5H,1,3H2. The second kappa shape index (κ2) is 6.43. The summed E-state index contributed by atoms with van der Waals surface area (Å²) in [5.41, 5.74) is 4.67. The summed E-state index contributed by atoms with van der Waals surface area (Å²) in [6.07, 6.45) is -1.34. The van der Waals surface area contributed by atoms with E-state index in [9.17, 15) is 5.21 Å². The Bertz CT molecular complexity index is 81.0. The lowest BCUT2D eigenvalue weighted by atomic mass is 10.7. The maximum atomic E-state index is 9.52. The molecule has 7 heteroatoms. The highest BCUT2D eigenvalue weighted by Crippen LogP contribution is 1.84. The quantitative estimate of drug-likeness (QED) is 0.192. The van der Waals surface area contributed by atoms with Crippen LogP contribution >= 0.6 is 0 Å². The maximum absolute atomic E-state index is 9.52. The Morgan fingerprint density at radius 1 is 1.45 bits per heavy atom. The van der Waals surface area contributed by atoms with E-state index in [1.807, 2.05) is 0 Å². The zero-order valence-corrected chi connectivity index (χ0v) is 6.21. The molecule has 0 radical (unpaired) electrons. The molecule has 0 heterocycles. The average molecular weight is 170 g/mol. The molecule has 0 rings (SSSR count). The van der Waals surface area contributed by atoms with Gasteiger partial charge in [-0.15, -0.1) is 0 Å². The summed E-state index contributed by atoms with van der Waals surface area (Å²) in [4.78, 5) is -2.18. The lowest BCUT2D eigenvalue weighted by Crippen LogP contribution is -2.33. The third-order valence-corrected chi connectivity index (χ3v) is 0.623. The van der Waals surface area contributed by atoms with Crippen LogP contribution in [0.4, 0.5) is 0 Å². The Kier molecular flexibility index (Phi) is 7.79. The van der Waals surface area contributed by atoms with Gasteiger partial charge in [0.15, 0.2) is 6.29 Å². The fourth-order valence-corrected chi connectivity index (χ4v) is 0. The van der Waals surface area contributed by atoms with Crippen LogP contribution in [0.1, 0.15) is 6.92 Å². The molecule has 6 N–H and O–H groups in total. The van der Waals surface area contributed by atoms with Crippen LogP contribution in [0.5, 0.6) is 0 Å². The highest BCUT2D eigenvalue weighted by molar-refractivity contribution is 4.28. The lowest BCUT2D eigenvalue weighted by molar-refractivity contribution is -1.21. The Balaban J connectivity index is 0. The summed E-state index contributed by atoms with van der Waals surface area (Å²) < 4.78 is 0. The van der Waals surface area contributed by atoms with Crippen molar-refractivity contribution in [3.05, 3.63) is 5.21 Å². The molecule has 0 amide bonds. The van der Waals surface area contributed by atoms with Crippen LogP contribution in [0.15, 0.2) is 0 Å². The topological polar surface area (TPSA) is 130 Å². The molecular formula is C4H14N2O5. The van der Waals surface area contributed by atoms with Gasteiger partial charge < -0.3 is 21.2 Å². The molecule has 0 aliphatic carbocycles. The second-order valence-electron chi connectivity index (χ2n) is 1.70. The minimum atomic E-state index is -2.18. The molecule has 11 heavy (non-hydrogen) atoms. The monoisotopic (exact) mass is 170 g/mol. The smallest absolute Gasteiger partial charge is 0.163 e. The normalized spacial score (nSPS) is 10.9. The summed E-state index contributed by atoms with van der Waals surface area (Å²) in [7, 11) is 0. The number of nitrogens with two attached hydrogens (primary N) is 1. The van der Waals surface area contributed by atoms with Crippen molar-refractivity contribution >= 4 is 0 Å². The Morgan fingerprint density at radius 3 is 1.64 bits per heavy atom. The molecule has 0 aromatic heterocycles. The number of quaternary nitrogens is 1. The zero-order valence-electron chi connectivity index (χ0n) is 6.21. The SMILES string of the molecule is CC[N+]([O-])(O)O.NCC(O)O. The molecule has 7 nitrogen and oxygen atoms in total. The van der Waals surface area contributed by atoms with Gasteiger partial charge in [-0.25, -0.2) is 0 Å². The van der Waals surface area contributed by atoms with Gasteiger partial charge in [-0.3, -0.25) is 0 Å². The van der Waals surface area contributed by atoms with Crippen molar-refractivity contribution in [2.45, 2.75) is 13.2 Å². The molecule has 0 saturated carbocycles. The number of hydrogen-bond donors (Lipinski definition) is 5. The fraction of sp³-hybridized carbons (Fsp3) is 1.00. The van der Waals surface area contributed by atoms with Crippen LogP contribution in [0.25, 0.3) is 0 Å². The third-order valence-electron chi connectivity index (χ3n) is 0.623. The Morgan fingerprint density at radius 2 is 1.64 bits per heavy atom. The molecule has 70 valence electrons. The maximum Gasteiger partial charge on any atom is 0.163 e. The minimum Gasteiger partial charge on any atom is -0.564 e. The van der Waals surface area contributed by atoms with Crippen LogP contribution in [0.2, 0.25) is 0 Å². The van der Waals surface area contributed by atoms with Crippen molar-refractivity contribution in [3.63, 3.8) is 0 Å². The molecule has 0 bridgehead atoms. The molecule has 0 saturated heterocycles. The van der Waals surface area contributed by atoms with E-state index < -0.39 is 11.3 Å². The van der Waals surface area contributed by atoms with Crippen molar-refractivity contribution in [2.75, 3.05) is 13.1 Å². The van der Waals surface area contributed by atoms with Crippen molar-refractivity contribution < 1.29 is 25.6 Å². The molecule has 0 aliphatic heterocycles. The van der Waals surface area contributed by atoms with Crippen LogP contribution in [0.3, 0.4) is 0 Å². The van der Waals surface area contributed by atoms with Crippen LogP contribution in [-0.2, 0) is 0 Å². The van der Waals surface area contributed by atoms with E-state index in [1.54, 1.807) is 0 Å². The largest absolute Gasteiger partial charge is 0.564 e. The van der Waals surface area contributed by atoms with Crippen molar-refractivity contribution in [3.8, 4) is 0 Å². The van der Waals surface area contributed by atoms with E-state index in [-0.39, 0.29) is 13.1 Å². The zero-order chi connectivity index (χ0) is 9.49. The first-order valence-electron chi connectivity index (χ1n) is 2.94. The van der Waals surface area contributed by atoms with Crippen LogP contribution < -0.4 is 5.73 Å². The molecule has 0 fully saturated rings.